The molecule has 1 rings (SSSR count). The van der Waals surface area contributed by atoms with Crippen molar-refractivity contribution in [3.05, 3.63) is 0 Å². The van der Waals surface area contributed by atoms with Crippen LogP contribution in [0.5, 0.6) is 0 Å². The minimum atomic E-state index is -0.413. The molecule has 15 heavy (non-hydrogen) atoms. The first-order valence-corrected chi connectivity index (χ1v) is 5.59. The molecule has 1 fully saturated rings. The number of ether oxygens (including phenoxy) is 1. The standard InChI is InChI=1S/C11H22N2O2/c1-8-9(5-6-12-8)7-13-10(14)15-11(2,3)4/h8-9,12H,5-7H2,1-4H3,(H,13,14)/t8-,9-/m1/s1. The molecule has 0 aromatic rings. The lowest BCUT2D eigenvalue weighted by atomic mass is 10.0. The van der Waals surface area contributed by atoms with Crippen molar-refractivity contribution < 1.29 is 9.53 Å². The highest BCUT2D eigenvalue weighted by Crippen LogP contribution is 2.14. The Morgan fingerprint density at radius 1 is 1.53 bits per heavy atom. The number of hydrogen-bond acceptors (Lipinski definition) is 3. The summed E-state index contributed by atoms with van der Waals surface area (Å²) in [5.41, 5.74) is -0.413. The number of rotatable bonds is 2. The summed E-state index contributed by atoms with van der Waals surface area (Å²) in [4.78, 5) is 11.4. The van der Waals surface area contributed by atoms with E-state index < -0.39 is 5.60 Å². The molecule has 0 saturated carbocycles. The van der Waals surface area contributed by atoms with Crippen LogP contribution in [0.25, 0.3) is 0 Å². The van der Waals surface area contributed by atoms with Gasteiger partial charge in [0.15, 0.2) is 0 Å². The van der Waals surface area contributed by atoms with Crippen LogP contribution in [-0.2, 0) is 4.74 Å². The molecule has 4 heteroatoms. The van der Waals surface area contributed by atoms with Gasteiger partial charge < -0.3 is 15.4 Å². The molecule has 1 saturated heterocycles. The van der Waals surface area contributed by atoms with E-state index in [9.17, 15) is 4.79 Å². The van der Waals surface area contributed by atoms with Crippen molar-refractivity contribution in [1.82, 2.24) is 10.6 Å². The molecule has 4 nitrogen and oxygen atoms in total. The van der Waals surface area contributed by atoms with Crippen LogP contribution in [0.4, 0.5) is 4.79 Å². The van der Waals surface area contributed by atoms with E-state index in [4.69, 9.17) is 4.74 Å². The number of nitrogens with one attached hydrogen (secondary N) is 2. The van der Waals surface area contributed by atoms with E-state index in [-0.39, 0.29) is 6.09 Å². The first-order chi connectivity index (χ1) is 6.88. The molecule has 0 spiro atoms. The molecule has 0 unspecified atom stereocenters. The van der Waals surface area contributed by atoms with Crippen LogP contribution < -0.4 is 10.6 Å². The van der Waals surface area contributed by atoms with Gasteiger partial charge in [-0.05, 0) is 46.6 Å². The smallest absolute Gasteiger partial charge is 0.407 e. The summed E-state index contributed by atoms with van der Waals surface area (Å²) in [7, 11) is 0. The number of hydrogen-bond donors (Lipinski definition) is 2. The molecule has 1 aliphatic heterocycles. The van der Waals surface area contributed by atoms with Gasteiger partial charge in [0.25, 0.3) is 0 Å². The molecular formula is C11H22N2O2. The van der Waals surface area contributed by atoms with Crippen LogP contribution in [0, 0.1) is 5.92 Å². The summed E-state index contributed by atoms with van der Waals surface area (Å²) < 4.78 is 5.16. The topological polar surface area (TPSA) is 50.4 Å². The van der Waals surface area contributed by atoms with Crippen LogP contribution in [0.15, 0.2) is 0 Å². The Bertz CT molecular complexity index is 223. The van der Waals surface area contributed by atoms with Crippen LogP contribution in [0.1, 0.15) is 34.1 Å². The molecule has 0 radical (unpaired) electrons. The van der Waals surface area contributed by atoms with Gasteiger partial charge in [-0.25, -0.2) is 4.79 Å². The monoisotopic (exact) mass is 214 g/mol. The normalized spacial score (nSPS) is 26.4. The van der Waals surface area contributed by atoms with E-state index in [1.54, 1.807) is 0 Å². The number of carbonyl (C=O) groups excluding carboxylic acids is 1. The second-order valence-electron chi connectivity index (χ2n) is 5.17. The zero-order valence-corrected chi connectivity index (χ0v) is 10.1. The van der Waals surface area contributed by atoms with E-state index in [1.165, 1.54) is 0 Å². The van der Waals surface area contributed by atoms with E-state index >= 15 is 0 Å². The Morgan fingerprint density at radius 3 is 2.67 bits per heavy atom. The zero-order chi connectivity index (χ0) is 11.5. The Morgan fingerprint density at radius 2 is 2.20 bits per heavy atom. The maximum Gasteiger partial charge on any atom is 0.407 e. The van der Waals surface area contributed by atoms with Gasteiger partial charge >= 0.3 is 6.09 Å². The number of alkyl carbamates (subject to hydrolysis) is 1. The quantitative estimate of drug-likeness (QED) is 0.732. The van der Waals surface area contributed by atoms with Gasteiger partial charge in [-0.2, -0.15) is 0 Å². The van der Waals surface area contributed by atoms with Crippen molar-refractivity contribution in [1.29, 1.82) is 0 Å². The second-order valence-corrected chi connectivity index (χ2v) is 5.17. The average Bonchev–Trinajstić information content (AvgIpc) is 2.44. The molecule has 1 heterocycles. The molecule has 2 atom stereocenters. The third kappa shape index (κ3) is 4.51. The van der Waals surface area contributed by atoms with Crippen molar-refractivity contribution in [2.24, 2.45) is 5.92 Å². The minimum absolute atomic E-state index is 0.318. The van der Waals surface area contributed by atoms with Gasteiger partial charge in [0.05, 0.1) is 0 Å². The van der Waals surface area contributed by atoms with Gasteiger partial charge in [-0.1, -0.05) is 0 Å². The van der Waals surface area contributed by atoms with Gasteiger partial charge in [0, 0.05) is 12.6 Å². The van der Waals surface area contributed by atoms with Crippen molar-refractivity contribution in [2.45, 2.75) is 45.8 Å². The first-order valence-electron chi connectivity index (χ1n) is 5.59. The van der Waals surface area contributed by atoms with Crippen LogP contribution in [-0.4, -0.2) is 30.8 Å². The largest absolute Gasteiger partial charge is 0.444 e. The molecule has 0 aliphatic carbocycles. The molecule has 2 N–H and O–H groups in total. The second kappa shape index (κ2) is 4.84. The SMILES string of the molecule is C[C@H]1NCC[C@@H]1CNC(=O)OC(C)(C)C. The van der Waals surface area contributed by atoms with E-state index in [2.05, 4.69) is 17.6 Å². The van der Waals surface area contributed by atoms with Crippen LogP contribution in [0.3, 0.4) is 0 Å². The van der Waals surface area contributed by atoms with Crippen molar-refractivity contribution >= 4 is 6.09 Å². The minimum Gasteiger partial charge on any atom is -0.444 e. The van der Waals surface area contributed by atoms with E-state index in [1.807, 2.05) is 20.8 Å². The summed E-state index contributed by atoms with van der Waals surface area (Å²) in [6.07, 6.45) is 0.804. The van der Waals surface area contributed by atoms with Crippen molar-refractivity contribution in [3.63, 3.8) is 0 Å². The Hall–Kier alpha value is -0.770. The fourth-order valence-corrected chi connectivity index (χ4v) is 1.72. The highest BCUT2D eigenvalue weighted by molar-refractivity contribution is 5.67. The Balaban J connectivity index is 2.22. The van der Waals surface area contributed by atoms with E-state index in [0.29, 0.717) is 18.5 Å². The third-order valence-corrected chi connectivity index (χ3v) is 2.60. The molecular weight excluding hydrogens is 192 g/mol. The van der Waals surface area contributed by atoms with E-state index in [0.717, 1.165) is 13.0 Å². The maximum atomic E-state index is 11.4. The Kier molecular flexibility index (Phi) is 3.97. The number of amides is 1. The van der Waals surface area contributed by atoms with Gasteiger partial charge in [0.2, 0.25) is 0 Å². The highest BCUT2D eigenvalue weighted by Gasteiger charge is 2.24. The lowest BCUT2D eigenvalue weighted by Crippen LogP contribution is -2.37. The van der Waals surface area contributed by atoms with Crippen molar-refractivity contribution in [3.8, 4) is 0 Å². The Labute approximate surface area is 91.8 Å². The lowest BCUT2D eigenvalue weighted by molar-refractivity contribution is 0.0518. The summed E-state index contributed by atoms with van der Waals surface area (Å²) in [5, 5.41) is 6.16. The third-order valence-electron chi connectivity index (χ3n) is 2.60. The molecule has 1 amide bonds. The first kappa shape index (κ1) is 12.3. The highest BCUT2D eigenvalue weighted by atomic mass is 16.6. The van der Waals surface area contributed by atoms with Gasteiger partial charge in [0.1, 0.15) is 5.60 Å². The average molecular weight is 214 g/mol. The summed E-state index contributed by atoms with van der Waals surface area (Å²) >= 11 is 0. The maximum absolute atomic E-state index is 11.4. The molecule has 0 aromatic carbocycles. The van der Waals surface area contributed by atoms with Crippen LogP contribution >= 0.6 is 0 Å². The summed E-state index contributed by atoms with van der Waals surface area (Å²) in [6.45, 7) is 9.49. The van der Waals surface area contributed by atoms with Gasteiger partial charge in [-0.15, -0.1) is 0 Å². The zero-order valence-electron chi connectivity index (χ0n) is 10.1. The fraction of sp³-hybridized carbons (Fsp3) is 0.909. The summed E-state index contributed by atoms with van der Waals surface area (Å²) in [6, 6.07) is 0.486. The fourth-order valence-electron chi connectivity index (χ4n) is 1.72. The molecule has 0 bridgehead atoms. The van der Waals surface area contributed by atoms with Crippen LogP contribution in [0.2, 0.25) is 0 Å². The number of carbonyl (C=O) groups is 1. The predicted molar refractivity (Wildman–Crippen MR) is 59.8 cm³/mol. The molecule has 0 aromatic heterocycles. The molecule has 88 valence electrons. The van der Waals surface area contributed by atoms with Crippen molar-refractivity contribution in [2.75, 3.05) is 13.1 Å². The van der Waals surface area contributed by atoms with Gasteiger partial charge in [-0.3, -0.25) is 0 Å². The summed E-state index contributed by atoms with van der Waals surface area (Å²) in [5.74, 6) is 0.525. The lowest BCUT2D eigenvalue weighted by Gasteiger charge is -2.21. The molecule has 1 aliphatic rings. The predicted octanol–water partition coefficient (Wildman–Crippen LogP) is 1.51.